The highest BCUT2D eigenvalue weighted by Crippen LogP contribution is 2.49. The number of amides is 2. The summed E-state index contributed by atoms with van der Waals surface area (Å²) >= 11 is 0. The number of benzene rings is 1. The smallest absolute Gasteiger partial charge is 0.323 e. The molecule has 1 saturated carbocycles. The Hall–Kier alpha value is -2.44. The van der Waals surface area contributed by atoms with Gasteiger partial charge in [0.25, 0.3) is 0 Å². The second-order valence-electron chi connectivity index (χ2n) is 5.11. The molecule has 0 spiro atoms. The van der Waals surface area contributed by atoms with E-state index in [-0.39, 0.29) is 0 Å². The van der Waals surface area contributed by atoms with Crippen LogP contribution in [0.5, 0.6) is 0 Å². The van der Waals surface area contributed by atoms with Crippen LogP contribution in [-0.2, 0) is 19.8 Å². The van der Waals surface area contributed by atoms with Crippen molar-refractivity contribution in [2.45, 2.75) is 18.3 Å². The van der Waals surface area contributed by atoms with Crippen LogP contribution in [0.4, 0.5) is 4.39 Å². The molecule has 3 N–H and O–H groups in total. The van der Waals surface area contributed by atoms with Crippen molar-refractivity contribution in [3.05, 3.63) is 35.6 Å². The van der Waals surface area contributed by atoms with Gasteiger partial charge in [-0.05, 0) is 30.5 Å². The number of rotatable bonds is 6. The van der Waals surface area contributed by atoms with Crippen molar-refractivity contribution in [3.63, 3.8) is 0 Å². The third-order valence-corrected chi connectivity index (χ3v) is 3.52. The molecular weight excluding hydrogens is 279 g/mol. The average Bonchev–Trinajstić information content (AvgIpc) is 3.18. The number of nitrogens with two attached hydrogens (primary N) is 1. The molecule has 0 unspecified atom stereocenters. The Labute approximate surface area is 120 Å². The van der Waals surface area contributed by atoms with E-state index in [0.29, 0.717) is 18.4 Å². The molecule has 1 aliphatic carbocycles. The minimum atomic E-state index is -1.22. The zero-order valence-electron chi connectivity index (χ0n) is 11.2. The number of hydrogen-bond donors (Lipinski definition) is 2. The SMILES string of the molecule is NC(=O)CN(CC(=O)O)C(=O)C1(c2ccc(F)cc2)CC1. The van der Waals surface area contributed by atoms with Gasteiger partial charge in [-0.15, -0.1) is 0 Å². The summed E-state index contributed by atoms with van der Waals surface area (Å²) in [6.07, 6.45) is 1.07. The predicted molar refractivity (Wildman–Crippen MR) is 70.7 cm³/mol. The molecule has 1 fully saturated rings. The number of carbonyl (C=O) groups is 3. The topological polar surface area (TPSA) is 101 Å². The number of carbonyl (C=O) groups excluding carboxylic acids is 2. The number of hydrogen-bond acceptors (Lipinski definition) is 3. The van der Waals surface area contributed by atoms with E-state index in [1.807, 2.05) is 0 Å². The van der Waals surface area contributed by atoms with E-state index in [9.17, 15) is 18.8 Å². The first kappa shape index (κ1) is 15.0. The van der Waals surface area contributed by atoms with Gasteiger partial charge in [-0.1, -0.05) is 12.1 Å². The highest BCUT2D eigenvalue weighted by Gasteiger charge is 2.53. The first-order valence-corrected chi connectivity index (χ1v) is 6.41. The summed E-state index contributed by atoms with van der Waals surface area (Å²) < 4.78 is 13.0. The van der Waals surface area contributed by atoms with E-state index in [1.54, 1.807) is 0 Å². The molecule has 21 heavy (non-hydrogen) atoms. The monoisotopic (exact) mass is 294 g/mol. The van der Waals surface area contributed by atoms with Crippen molar-refractivity contribution in [1.29, 1.82) is 0 Å². The Morgan fingerprint density at radius 1 is 1.19 bits per heavy atom. The lowest BCUT2D eigenvalue weighted by Crippen LogP contribution is -2.46. The lowest BCUT2D eigenvalue weighted by molar-refractivity contribution is -0.146. The number of carboxylic acids is 1. The summed E-state index contributed by atoms with van der Waals surface area (Å²) in [4.78, 5) is 35.3. The molecule has 0 aliphatic heterocycles. The van der Waals surface area contributed by atoms with Gasteiger partial charge in [0.1, 0.15) is 12.4 Å². The molecule has 0 bridgehead atoms. The summed E-state index contributed by atoms with van der Waals surface area (Å²) in [7, 11) is 0. The zero-order chi connectivity index (χ0) is 15.6. The maximum atomic E-state index is 13.0. The van der Waals surface area contributed by atoms with E-state index in [2.05, 4.69) is 0 Å². The molecule has 1 aliphatic rings. The number of aliphatic carboxylic acids is 1. The van der Waals surface area contributed by atoms with Crippen LogP contribution >= 0.6 is 0 Å². The maximum Gasteiger partial charge on any atom is 0.323 e. The van der Waals surface area contributed by atoms with Gasteiger partial charge in [0.2, 0.25) is 11.8 Å². The van der Waals surface area contributed by atoms with Crippen LogP contribution in [0.2, 0.25) is 0 Å². The van der Waals surface area contributed by atoms with Crippen LogP contribution in [0.3, 0.4) is 0 Å². The minimum absolute atomic E-state index is 0.415. The van der Waals surface area contributed by atoms with Gasteiger partial charge >= 0.3 is 5.97 Å². The van der Waals surface area contributed by atoms with E-state index in [0.717, 1.165) is 4.90 Å². The number of nitrogens with zero attached hydrogens (tertiary/aromatic N) is 1. The van der Waals surface area contributed by atoms with E-state index >= 15 is 0 Å². The minimum Gasteiger partial charge on any atom is -0.480 e. The third kappa shape index (κ3) is 3.18. The molecule has 6 nitrogen and oxygen atoms in total. The molecular formula is C14H15FN2O4. The largest absolute Gasteiger partial charge is 0.480 e. The van der Waals surface area contributed by atoms with Crippen LogP contribution in [0, 0.1) is 5.82 Å². The van der Waals surface area contributed by atoms with Crippen molar-refractivity contribution in [2.75, 3.05) is 13.1 Å². The first-order chi connectivity index (χ1) is 9.85. The Morgan fingerprint density at radius 3 is 2.19 bits per heavy atom. The van der Waals surface area contributed by atoms with Crippen molar-refractivity contribution in [1.82, 2.24) is 4.90 Å². The maximum absolute atomic E-state index is 13.0. The molecule has 2 rings (SSSR count). The number of halogens is 1. The molecule has 2 amide bonds. The Balaban J connectivity index is 2.24. The van der Waals surface area contributed by atoms with Gasteiger partial charge < -0.3 is 15.7 Å². The lowest BCUT2D eigenvalue weighted by atomic mass is 9.94. The highest BCUT2D eigenvalue weighted by molar-refractivity contribution is 5.95. The fourth-order valence-corrected chi connectivity index (χ4v) is 2.37. The Bertz CT molecular complexity index is 565. The van der Waals surface area contributed by atoms with Crippen molar-refractivity contribution < 1.29 is 23.9 Å². The highest BCUT2D eigenvalue weighted by atomic mass is 19.1. The quantitative estimate of drug-likeness (QED) is 0.785. The van der Waals surface area contributed by atoms with Crippen molar-refractivity contribution in [3.8, 4) is 0 Å². The molecule has 7 heteroatoms. The van der Waals surface area contributed by atoms with Crippen LogP contribution in [-0.4, -0.2) is 40.9 Å². The first-order valence-electron chi connectivity index (χ1n) is 6.41. The lowest BCUT2D eigenvalue weighted by Gasteiger charge is -2.25. The van der Waals surface area contributed by atoms with Gasteiger partial charge in [-0.3, -0.25) is 14.4 Å². The summed E-state index contributed by atoms with van der Waals surface area (Å²) in [6, 6.07) is 5.50. The predicted octanol–water partition coefficient (Wildman–Crippen LogP) is 0.256. The molecule has 0 atom stereocenters. The average molecular weight is 294 g/mol. The molecule has 0 saturated heterocycles. The van der Waals surface area contributed by atoms with Gasteiger partial charge in [-0.2, -0.15) is 0 Å². The summed E-state index contributed by atoms with van der Waals surface area (Å²) in [5, 5.41) is 8.84. The van der Waals surface area contributed by atoms with Crippen LogP contribution in [0.25, 0.3) is 0 Å². The molecule has 0 heterocycles. The molecule has 112 valence electrons. The Morgan fingerprint density at radius 2 is 1.76 bits per heavy atom. The fraction of sp³-hybridized carbons (Fsp3) is 0.357. The standard InChI is InChI=1S/C14H15FN2O4/c15-10-3-1-9(2-4-10)14(5-6-14)13(21)17(7-11(16)18)8-12(19)20/h1-4H,5-8H2,(H2,16,18)(H,19,20). The van der Waals surface area contributed by atoms with Gasteiger partial charge in [0.05, 0.1) is 12.0 Å². The molecule has 1 aromatic carbocycles. The normalized spacial score (nSPS) is 15.3. The van der Waals surface area contributed by atoms with Gasteiger partial charge in [-0.25, -0.2) is 4.39 Å². The number of primary amides is 1. The second-order valence-corrected chi connectivity index (χ2v) is 5.11. The summed E-state index contributed by atoms with van der Waals surface area (Å²) in [5.41, 5.74) is 4.81. The molecule has 0 aromatic heterocycles. The zero-order valence-corrected chi connectivity index (χ0v) is 11.2. The van der Waals surface area contributed by atoms with Gasteiger partial charge in [0, 0.05) is 0 Å². The van der Waals surface area contributed by atoms with Crippen molar-refractivity contribution in [2.24, 2.45) is 5.73 Å². The summed E-state index contributed by atoms with van der Waals surface area (Å²) in [5.74, 6) is -2.88. The van der Waals surface area contributed by atoms with Crippen LogP contribution < -0.4 is 5.73 Å². The Kier molecular flexibility index (Phi) is 3.93. The van der Waals surface area contributed by atoms with E-state index < -0.39 is 42.1 Å². The third-order valence-electron chi connectivity index (χ3n) is 3.52. The van der Waals surface area contributed by atoms with Crippen molar-refractivity contribution >= 4 is 17.8 Å². The van der Waals surface area contributed by atoms with E-state index in [1.165, 1.54) is 24.3 Å². The molecule has 1 aromatic rings. The van der Waals surface area contributed by atoms with Gasteiger partial charge in [0.15, 0.2) is 0 Å². The van der Waals surface area contributed by atoms with E-state index in [4.69, 9.17) is 10.8 Å². The summed E-state index contributed by atoms with van der Waals surface area (Å²) in [6.45, 7) is -1.04. The van der Waals surface area contributed by atoms with Crippen LogP contribution in [0.1, 0.15) is 18.4 Å². The van der Waals surface area contributed by atoms with Crippen LogP contribution in [0.15, 0.2) is 24.3 Å². The fourth-order valence-electron chi connectivity index (χ4n) is 2.37. The number of carboxylic acid groups (broad SMARTS) is 1. The second kappa shape index (κ2) is 5.51. The molecule has 0 radical (unpaired) electrons.